The third-order valence-electron chi connectivity index (χ3n) is 4.79. The number of halogens is 1. The summed E-state index contributed by atoms with van der Waals surface area (Å²) >= 11 is 6.22. The quantitative estimate of drug-likeness (QED) is 0.274. The van der Waals surface area contributed by atoms with Gasteiger partial charge in [-0.15, -0.1) is 0 Å². The van der Waals surface area contributed by atoms with Crippen molar-refractivity contribution < 1.29 is 23.8 Å². The molecule has 0 atom stereocenters. The molecule has 0 saturated carbocycles. The Hall–Kier alpha value is -3.51. The second-order valence-electron chi connectivity index (χ2n) is 6.68. The first-order valence-corrected chi connectivity index (χ1v) is 9.76. The molecule has 0 bridgehead atoms. The number of allylic oxidation sites excluding steroid dienone is 1. The number of aldehydes is 1. The van der Waals surface area contributed by atoms with Crippen LogP contribution >= 0.6 is 11.6 Å². The molecule has 160 valence electrons. The summed E-state index contributed by atoms with van der Waals surface area (Å²) < 4.78 is 17.6. The van der Waals surface area contributed by atoms with Gasteiger partial charge in [-0.1, -0.05) is 17.7 Å². The van der Waals surface area contributed by atoms with Crippen LogP contribution in [-0.4, -0.2) is 38.0 Å². The van der Waals surface area contributed by atoms with E-state index in [9.17, 15) is 9.59 Å². The minimum atomic E-state index is -0.316. The second-order valence-corrected chi connectivity index (χ2v) is 7.11. The van der Waals surface area contributed by atoms with Crippen molar-refractivity contribution in [3.8, 4) is 17.2 Å². The van der Waals surface area contributed by atoms with Crippen LogP contribution in [-0.2, 0) is 4.74 Å². The average molecular weight is 440 g/mol. The van der Waals surface area contributed by atoms with E-state index in [1.165, 1.54) is 14.2 Å². The van der Waals surface area contributed by atoms with Gasteiger partial charge in [0.15, 0.2) is 23.6 Å². The Morgan fingerprint density at radius 3 is 2.45 bits per heavy atom. The molecule has 3 rings (SSSR count). The molecule has 1 aromatic heterocycles. The molecule has 0 saturated heterocycles. The monoisotopic (exact) mass is 439 g/mol. The number of hydrogen-bond acceptors (Lipinski definition) is 5. The van der Waals surface area contributed by atoms with E-state index < -0.39 is 0 Å². The third kappa shape index (κ3) is 4.49. The van der Waals surface area contributed by atoms with E-state index in [0.29, 0.717) is 44.8 Å². The summed E-state index contributed by atoms with van der Waals surface area (Å²) in [5.41, 5.74) is 2.28. The highest BCUT2D eigenvalue weighted by atomic mass is 35.5. The van der Waals surface area contributed by atoms with E-state index in [0.717, 1.165) is 11.8 Å². The Bertz CT molecular complexity index is 1160. The molecule has 0 unspecified atom stereocenters. The van der Waals surface area contributed by atoms with E-state index >= 15 is 0 Å². The molecule has 0 aliphatic rings. The number of aromatic nitrogens is 1. The third-order valence-corrected chi connectivity index (χ3v) is 5.03. The highest BCUT2D eigenvalue weighted by Gasteiger charge is 2.22. The maximum atomic E-state index is 13.5. The van der Waals surface area contributed by atoms with E-state index in [-0.39, 0.29) is 5.78 Å². The molecule has 0 fully saturated rings. The summed E-state index contributed by atoms with van der Waals surface area (Å²) in [7, 11) is 4.55. The molecule has 0 N–H and O–H groups in total. The maximum Gasteiger partial charge on any atom is 0.199 e. The van der Waals surface area contributed by atoms with Crippen molar-refractivity contribution in [1.82, 2.24) is 4.57 Å². The zero-order valence-corrected chi connectivity index (χ0v) is 18.4. The van der Waals surface area contributed by atoms with Crippen LogP contribution in [0, 0.1) is 0 Å². The molecule has 7 heteroatoms. The molecule has 3 aromatic rings. The van der Waals surface area contributed by atoms with Gasteiger partial charge in [0.2, 0.25) is 0 Å². The zero-order chi connectivity index (χ0) is 22.5. The number of para-hydroxylation sites is 1. The van der Waals surface area contributed by atoms with Crippen LogP contribution in [0.2, 0.25) is 5.02 Å². The number of ketones is 1. The average Bonchev–Trinajstić information content (AvgIpc) is 3.20. The van der Waals surface area contributed by atoms with Crippen LogP contribution in [0.5, 0.6) is 11.5 Å². The smallest absolute Gasteiger partial charge is 0.199 e. The van der Waals surface area contributed by atoms with Crippen molar-refractivity contribution >= 4 is 29.7 Å². The van der Waals surface area contributed by atoms with Crippen LogP contribution < -0.4 is 9.47 Å². The molecule has 0 radical (unpaired) electrons. The van der Waals surface area contributed by atoms with E-state index in [4.69, 9.17) is 25.8 Å². The minimum absolute atomic E-state index is 0.316. The van der Waals surface area contributed by atoms with Gasteiger partial charge in [0, 0.05) is 16.8 Å². The lowest BCUT2D eigenvalue weighted by Crippen LogP contribution is -2.10. The normalized spacial score (nSPS) is 11.2. The molecular weight excluding hydrogens is 418 g/mol. The highest BCUT2D eigenvalue weighted by Crippen LogP contribution is 2.34. The Morgan fingerprint density at radius 2 is 1.81 bits per heavy atom. The molecule has 6 nitrogen and oxygen atoms in total. The van der Waals surface area contributed by atoms with E-state index in [2.05, 4.69) is 0 Å². The van der Waals surface area contributed by atoms with Gasteiger partial charge in [-0.05, 0) is 55.0 Å². The summed E-state index contributed by atoms with van der Waals surface area (Å²) in [5.74, 6) is 1.13. The fourth-order valence-electron chi connectivity index (χ4n) is 3.28. The predicted octanol–water partition coefficient (Wildman–Crippen LogP) is 5.20. The van der Waals surface area contributed by atoms with Crippen LogP contribution in [0.1, 0.15) is 38.9 Å². The molecular formula is C24H22ClNO5. The van der Waals surface area contributed by atoms with Crippen molar-refractivity contribution in [3.05, 3.63) is 81.8 Å². The van der Waals surface area contributed by atoms with E-state index in [1.807, 2.05) is 6.92 Å². The van der Waals surface area contributed by atoms with E-state index in [1.54, 1.807) is 66.4 Å². The van der Waals surface area contributed by atoms with Crippen molar-refractivity contribution in [2.75, 3.05) is 21.3 Å². The van der Waals surface area contributed by atoms with Gasteiger partial charge in [0.1, 0.15) is 0 Å². The number of carbonyl (C=O) groups excluding carboxylic acids is 2. The molecule has 2 aromatic carbocycles. The summed E-state index contributed by atoms with van der Waals surface area (Å²) in [5, 5.41) is 0.393. The maximum absolute atomic E-state index is 13.5. The Morgan fingerprint density at radius 1 is 1.03 bits per heavy atom. The van der Waals surface area contributed by atoms with Crippen molar-refractivity contribution in [1.29, 1.82) is 0 Å². The Labute approximate surface area is 185 Å². The number of nitrogens with zero attached hydrogens (tertiary/aromatic N) is 1. The highest BCUT2D eigenvalue weighted by molar-refractivity contribution is 6.31. The fourth-order valence-corrected chi connectivity index (χ4v) is 3.46. The largest absolute Gasteiger partial charge is 0.501 e. The molecule has 0 amide bonds. The number of benzene rings is 2. The molecule has 0 aliphatic heterocycles. The summed E-state index contributed by atoms with van der Waals surface area (Å²) in [6.45, 7) is 1.81. The molecule has 1 heterocycles. The van der Waals surface area contributed by atoms with Crippen molar-refractivity contribution in [2.45, 2.75) is 6.92 Å². The standard InChI is InChI=1S/C24H22ClNO5/c1-15(29-2)10-16-11-18(14-27)26(13-16)21-9-8-17(25)12-20(21)23(28)19-6-5-7-22(30-3)24(19)31-4/h5-14H,1-4H3. The fraction of sp³-hybridized carbons (Fsp3) is 0.167. The van der Waals surface area contributed by atoms with Gasteiger partial charge in [-0.2, -0.15) is 0 Å². The number of methoxy groups -OCH3 is 3. The Kier molecular flexibility index (Phi) is 6.82. The number of hydrogen-bond donors (Lipinski definition) is 0. The van der Waals surface area contributed by atoms with Gasteiger partial charge < -0.3 is 18.8 Å². The second kappa shape index (κ2) is 9.53. The number of rotatable bonds is 8. The number of carbonyl (C=O) groups is 2. The van der Waals surface area contributed by atoms with Crippen LogP contribution in [0.4, 0.5) is 0 Å². The molecule has 0 aliphatic carbocycles. The SMILES string of the molecule is COC(C)=Cc1cc(C=O)n(-c2ccc(Cl)cc2C(=O)c2cccc(OC)c2OC)c1. The first-order valence-electron chi connectivity index (χ1n) is 9.39. The van der Waals surface area contributed by atoms with Crippen LogP contribution in [0.25, 0.3) is 11.8 Å². The lowest BCUT2D eigenvalue weighted by Gasteiger charge is -2.15. The minimum Gasteiger partial charge on any atom is -0.501 e. The topological polar surface area (TPSA) is 66.8 Å². The number of ether oxygens (including phenoxy) is 3. The Balaban J connectivity index is 2.20. The molecule has 0 spiro atoms. The van der Waals surface area contributed by atoms with Crippen molar-refractivity contribution in [2.24, 2.45) is 0 Å². The van der Waals surface area contributed by atoms with Crippen LogP contribution in [0.15, 0.2) is 54.4 Å². The first-order chi connectivity index (χ1) is 14.9. The van der Waals surface area contributed by atoms with Crippen molar-refractivity contribution in [3.63, 3.8) is 0 Å². The van der Waals surface area contributed by atoms with Gasteiger partial charge >= 0.3 is 0 Å². The van der Waals surface area contributed by atoms with Crippen LogP contribution in [0.3, 0.4) is 0 Å². The lowest BCUT2D eigenvalue weighted by atomic mass is 10.00. The first kappa shape index (κ1) is 22.2. The van der Waals surface area contributed by atoms with Gasteiger partial charge in [-0.3, -0.25) is 9.59 Å². The summed E-state index contributed by atoms with van der Waals surface area (Å²) in [6, 6.07) is 11.7. The zero-order valence-electron chi connectivity index (χ0n) is 17.6. The van der Waals surface area contributed by atoms with Gasteiger partial charge in [-0.25, -0.2) is 0 Å². The summed E-state index contributed by atoms with van der Waals surface area (Å²) in [4.78, 5) is 25.3. The predicted molar refractivity (Wildman–Crippen MR) is 120 cm³/mol. The van der Waals surface area contributed by atoms with Gasteiger partial charge in [0.25, 0.3) is 0 Å². The summed E-state index contributed by atoms with van der Waals surface area (Å²) in [6.07, 6.45) is 4.29. The lowest BCUT2D eigenvalue weighted by molar-refractivity contribution is 0.103. The van der Waals surface area contributed by atoms with Gasteiger partial charge in [0.05, 0.1) is 44.0 Å². The molecule has 31 heavy (non-hydrogen) atoms.